The van der Waals surface area contributed by atoms with Crippen LogP contribution in [0.4, 0.5) is 0 Å². The van der Waals surface area contributed by atoms with Crippen LogP contribution < -0.4 is 11.2 Å². The van der Waals surface area contributed by atoms with Crippen LogP contribution in [0.25, 0.3) is 10.9 Å². The second-order valence-electron chi connectivity index (χ2n) is 8.76. The molecule has 190 valence electrons. The molecule has 4 aromatic rings. The smallest absolute Gasteiger partial charge is 0.331 e. The van der Waals surface area contributed by atoms with Gasteiger partial charge >= 0.3 is 5.69 Å². The van der Waals surface area contributed by atoms with Gasteiger partial charge < -0.3 is 4.90 Å². The van der Waals surface area contributed by atoms with E-state index in [4.69, 9.17) is 11.6 Å². The van der Waals surface area contributed by atoms with Gasteiger partial charge in [0.2, 0.25) is 5.91 Å². The van der Waals surface area contributed by atoms with Crippen molar-refractivity contribution in [2.24, 2.45) is 0 Å². The summed E-state index contributed by atoms with van der Waals surface area (Å²) in [5.41, 5.74) is 0.691. The molecule has 0 unspecified atom stereocenters. The minimum atomic E-state index is -0.602. The van der Waals surface area contributed by atoms with Crippen LogP contribution in [-0.4, -0.2) is 32.8 Å². The molecule has 0 spiro atoms. The summed E-state index contributed by atoms with van der Waals surface area (Å²) in [5.74, 6) is -0.361. The molecule has 4 rings (SSSR count). The number of nitrogens with zero attached hydrogens (tertiary/aromatic N) is 3. The van der Waals surface area contributed by atoms with Crippen molar-refractivity contribution in [3.63, 3.8) is 0 Å². The molecule has 0 bridgehead atoms. The monoisotopic (exact) mass is 581 g/mol. The van der Waals surface area contributed by atoms with E-state index < -0.39 is 11.2 Å². The van der Waals surface area contributed by atoms with E-state index in [1.165, 1.54) is 10.6 Å². The number of carbonyl (C=O) groups excluding carboxylic acids is 2. The Morgan fingerprint density at radius 2 is 1.65 bits per heavy atom. The maximum atomic E-state index is 13.4. The summed E-state index contributed by atoms with van der Waals surface area (Å²) in [5, 5.41) is 0.585. The van der Waals surface area contributed by atoms with Gasteiger partial charge in [-0.05, 0) is 42.3 Å². The number of carbonyl (C=O) groups is 2. The molecule has 37 heavy (non-hydrogen) atoms. The summed E-state index contributed by atoms with van der Waals surface area (Å²) in [4.78, 5) is 53.8. The molecule has 0 saturated carbocycles. The van der Waals surface area contributed by atoms with Crippen LogP contribution >= 0.6 is 27.5 Å². The number of rotatable bonds is 9. The fraction of sp³-hybridized carbons (Fsp3) is 0.214. The molecule has 0 N–H and O–H groups in total. The van der Waals surface area contributed by atoms with E-state index in [0.717, 1.165) is 14.6 Å². The number of benzene rings is 3. The normalized spacial score (nSPS) is 11.0. The van der Waals surface area contributed by atoms with Gasteiger partial charge in [-0.1, -0.05) is 70.0 Å². The van der Waals surface area contributed by atoms with Crippen LogP contribution in [0.3, 0.4) is 0 Å². The van der Waals surface area contributed by atoms with Crippen molar-refractivity contribution in [2.75, 3.05) is 7.05 Å². The number of aromatic nitrogens is 2. The molecule has 1 amide bonds. The van der Waals surface area contributed by atoms with Gasteiger partial charge in [-0.3, -0.25) is 23.5 Å². The Hall–Kier alpha value is -3.49. The number of hydrogen-bond acceptors (Lipinski definition) is 4. The third-order valence-electron chi connectivity index (χ3n) is 6.12. The first kappa shape index (κ1) is 26.6. The van der Waals surface area contributed by atoms with Gasteiger partial charge in [-0.25, -0.2) is 4.79 Å². The van der Waals surface area contributed by atoms with Crippen LogP contribution in [0.1, 0.15) is 28.8 Å². The summed E-state index contributed by atoms with van der Waals surface area (Å²) < 4.78 is 3.21. The van der Waals surface area contributed by atoms with E-state index in [-0.39, 0.29) is 36.6 Å². The zero-order valence-electron chi connectivity index (χ0n) is 20.2. The lowest BCUT2D eigenvalue weighted by atomic mass is 10.1. The van der Waals surface area contributed by atoms with E-state index >= 15 is 0 Å². The number of ketones is 1. The summed E-state index contributed by atoms with van der Waals surface area (Å²) in [7, 11) is 1.72. The molecule has 7 nitrogen and oxygen atoms in total. The fourth-order valence-corrected chi connectivity index (χ4v) is 4.58. The molecular formula is C28H25BrClN3O4. The number of Topliss-reactive ketones (excluding diaryl/α,β-unsaturated/α-hetero) is 1. The van der Waals surface area contributed by atoms with Crippen molar-refractivity contribution in [1.29, 1.82) is 0 Å². The molecule has 0 radical (unpaired) electrons. The van der Waals surface area contributed by atoms with Crippen LogP contribution in [0.2, 0.25) is 5.02 Å². The molecule has 0 aliphatic heterocycles. The van der Waals surface area contributed by atoms with Gasteiger partial charge in [0.1, 0.15) is 0 Å². The van der Waals surface area contributed by atoms with Gasteiger partial charge in [0.15, 0.2) is 5.78 Å². The highest BCUT2D eigenvalue weighted by molar-refractivity contribution is 9.10. The van der Waals surface area contributed by atoms with Gasteiger partial charge in [-0.15, -0.1) is 0 Å². The summed E-state index contributed by atoms with van der Waals surface area (Å²) in [6.07, 6.45) is 0.459. The van der Waals surface area contributed by atoms with Gasteiger partial charge in [0.05, 0.1) is 17.4 Å². The molecule has 0 saturated heterocycles. The average Bonchev–Trinajstić information content (AvgIpc) is 2.89. The van der Waals surface area contributed by atoms with Crippen LogP contribution in [0.15, 0.2) is 86.9 Å². The minimum absolute atomic E-state index is 0.0392. The first-order valence-electron chi connectivity index (χ1n) is 11.7. The molecule has 0 aliphatic carbocycles. The van der Waals surface area contributed by atoms with E-state index in [0.29, 0.717) is 29.1 Å². The van der Waals surface area contributed by atoms with Crippen molar-refractivity contribution >= 4 is 50.1 Å². The zero-order chi connectivity index (χ0) is 26.5. The van der Waals surface area contributed by atoms with Crippen molar-refractivity contribution in [3.05, 3.63) is 114 Å². The lowest BCUT2D eigenvalue weighted by molar-refractivity contribution is -0.130. The van der Waals surface area contributed by atoms with E-state index in [9.17, 15) is 19.2 Å². The van der Waals surface area contributed by atoms with Crippen molar-refractivity contribution < 1.29 is 9.59 Å². The second kappa shape index (κ2) is 11.7. The Balaban J connectivity index is 1.57. The van der Waals surface area contributed by atoms with Gasteiger partial charge in [-0.2, -0.15) is 0 Å². The topological polar surface area (TPSA) is 81.4 Å². The lowest BCUT2D eigenvalue weighted by Crippen LogP contribution is -2.41. The van der Waals surface area contributed by atoms with Crippen molar-refractivity contribution in [1.82, 2.24) is 14.0 Å². The Morgan fingerprint density at radius 3 is 2.35 bits per heavy atom. The summed E-state index contributed by atoms with van der Waals surface area (Å²) in [6.45, 7) is 0.272. The first-order chi connectivity index (χ1) is 17.7. The maximum Gasteiger partial charge on any atom is 0.331 e. The third kappa shape index (κ3) is 6.26. The molecule has 3 aromatic carbocycles. The zero-order valence-corrected chi connectivity index (χ0v) is 22.5. The Morgan fingerprint density at radius 1 is 0.946 bits per heavy atom. The van der Waals surface area contributed by atoms with Crippen LogP contribution in [0.5, 0.6) is 0 Å². The molecule has 0 atom stereocenters. The third-order valence-corrected chi connectivity index (χ3v) is 6.88. The molecule has 0 aliphatic rings. The standard InChI is InChI=1S/C28H25BrClN3O4/c1-31(17-19-6-3-2-4-7-19)26(35)8-5-15-32-27(36)23-16-22(30)13-14-24(23)33(28(32)37)18-25(34)20-9-11-21(29)12-10-20/h2-4,6-7,9-14,16H,5,8,15,17-18H2,1H3. The van der Waals surface area contributed by atoms with E-state index in [1.807, 2.05) is 30.3 Å². The highest BCUT2D eigenvalue weighted by Crippen LogP contribution is 2.17. The molecule has 9 heteroatoms. The van der Waals surface area contributed by atoms with Gasteiger partial charge in [0.25, 0.3) is 5.56 Å². The molecule has 1 aromatic heterocycles. The molecular weight excluding hydrogens is 558 g/mol. The fourth-order valence-electron chi connectivity index (χ4n) is 4.14. The lowest BCUT2D eigenvalue weighted by Gasteiger charge is -2.18. The Bertz CT molecular complexity index is 1560. The predicted molar refractivity (Wildman–Crippen MR) is 148 cm³/mol. The largest absolute Gasteiger partial charge is 0.341 e. The quantitative estimate of drug-likeness (QED) is 0.263. The van der Waals surface area contributed by atoms with Crippen LogP contribution in [-0.2, 0) is 24.4 Å². The minimum Gasteiger partial charge on any atom is -0.341 e. The SMILES string of the molecule is CN(Cc1ccccc1)C(=O)CCCn1c(=O)c2cc(Cl)ccc2n(CC(=O)c2ccc(Br)cc2)c1=O. The van der Waals surface area contributed by atoms with Crippen molar-refractivity contribution in [3.8, 4) is 0 Å². The molecule has 1 heterocycles. The summed E-state index contributed by atoms with van der Waals surface area (Å²) in [6, 6.07) is 21.1. The predicted octanol–water partition coefficient (Wildman–Crippen LogP) is 4.90. The van der Waals surface area contributed by atoms with Crippen LogP contribution in [0, 0.1) is 0 Å². The Kier molecular flexibility index (Phi) is 8.41. The second-order valence-corrected chi connectivity index (χ2v) is 10.1. The first-order valence-corrected chi connectivity index (χ1v) is 12.9. The van der Waals surface area contributed by atoms with E-state index in [1.54, 1.807) is 48.3 Å². The number of fused-ring (bicyclic) bond motifs is 1. The highest BCUT2D eigenvalue weighted by Gasteiger charge is 2.17. The molecule has 0 fully saturated rings. The Labute approximate surface area is 227 Å². The maximum absolute atomic E-state index is 13.4. The number of hydrogen-bond donors (Lipinski definition) is 0. The van der Waals surface area contributed by atoms with Crippen molar-refractivity contribution in [2.45, 2.75) is 32.5 Å². The van der Waals surface area contributed by atoms with Gasteiger partial charge in [0, 0.05) is 41.6 Å². The number of amides is 1. The average molecular weight is 583 g/mol. The van der Waals surface area contributed by atoms with E-state index in [2.05, 4.69) is 15.9 Å². The summed E-state index contributed by atoms with van der Waals surface area (Å²) >= 11 is 9.49. The number of halogens is 2. The highest BCUT2D eigenvalue weighted by atomic mass is 79.9.